The van der Waals surface area contributed by atoms with Gasteiger partial charge in [0.2, 0.25) is 6.79 Å². The topological polar surface area (TPSA) is 39.7 Å². The molecule has 6 heteroatoms. The Morgan fingerprint density at radius 3 is 2.76 bits per heavy atom. The van der Waals surface area contributed by atoms with Gasteiger partial charge in [0.05, 0.1) is 7.11 Å². The second-order valence-corrected chi connectivity index (χ2v) is 5.35. The van der Waals surface area contributed by atoms with Gasteiger partial charge in [-0.25, -0.2) is 4.39 Å². The Bertz CT molecular complexity index is 678. The van der Waals surface area contributed by atoms with Gasteiger partial charge < -0.3 is 19.5 Å². The van der Waals surface area contributed by atoms with Crippen LogP contribution in [0.3, 0.4) is 0 Å². The van der Waals surface area contributed by atoms with Crippen LogP contribution in [0.15, 0.2) is 34.8 Å². The predicted molar refractivity (Wildman–Crippen MR) is 80.5 cm³/mol. The minimum absolute atomic E-state index is 0.213. The number of hydrogen-bond acceptors (Lipinski definition) is 4. The fourth-order valence-corrected chi connectivity index (χ4v) is 2.52. The summed E-state index contributed by atoms with van der Waals surface area (Å²) >= 11 is 3.50. The summed E-state index contributed by atoms with van der Waals surface area (Å²) in [6.45, 7) is 0.805. The average molecular weight is 354 g/mol. The first-order chi connectivity index (χ1) is 10.2. The molecule has 0 fully saturated rings. The molecule has 21 heavy (non-hydrogen) atoms. The molecule has 0 atom stereocenters. The highest BCUT2D eigenvalue weighted by atomic mass is 79.9. The van der Waals surface area contributed by atoms with Crippen molar-refractivity contribution in [3.8, 4) is 17.2 Å². The molecule has 4 nitrogen and oxygen atoms in total. The molecule has 0 aliphatic carbocycles. The third kappa shape index (κ3) is 2.90. The lowest BCUT2D eigenvalue weighted by atomic mass is 10.2. The van der Waals surface area contributed by atoms with Crippen molar-refractivity contribution in [1.29, 1.82) is 0 Å². The van der Waals surface area contributed by atoms with E-state index in [2.05, 4.69) is 21.2 Å². The van der Waals surface area contributed by atoms with Crippen molar-refractivity contribution < 1.29 is 18.6 Å². The maximum atomic E-state index is 13.4. The standard InChI is InChI=1S/C15H13BrFNO3/c1-19-13-5-10(2-3-12(13)17)18-7-9-4-14-15(6-11(9)16)21-8-20-14/h2-6,18H,7-8H2,1H3. The highest BCUT2D eigenvalue weighted by Crippen LogP contribution is 2.37. The van der Waals surface area contributed by atoms with Crippen molar-refractivity contribution in [3.63, 3.8) is 0 Å². The van der Waals surface area contributed by atoms with Crippen LogP contribution >= 0.6 is 15.9 Å². The minimum atomic E-state index is -0.382. The van der Waals surface area contributed by atoms with Crippen LogP contribution in [0.2, 0.25) is 0 Å². The van der Waals surface area contributed by atoms with Gasteiger partial charge in [0.15, 0.2) is 23.1 Å². The van der Waals surface area contributed by atoms with Gasteiger partial charge in [0.25, 0.3) is 0 Å². The lowest BCUT2D eigenvalue weighted by molar-refractivity contribution is 0.174. The van der Waals surface area contributed by atoms with E-state index in [9.17, 15) is 4.39 Å². The quantitative estimate of drug-likeness (QED) is 0.903. The Morgan fingerprint density at radius 1 is 1.24 bits per heavy atom. The molecule has 2 aromatic carbocycles. The largest absolute Gasteiger partial charge is 0.494 e. The van der Waals surface area contributed by atoms with Gasteiger partial charge in [-0.15, -0.1) is 0 Å². The number of methoxy groups -OCH3 is 1. The highest BCUT2D eigenvalue weighted by molar-refractivity contribution is 9.10. The Labute approximate surface area is 130 Å². The normalized spacial score (nSPS) is 12.3. The molecule has 2 aromatic rings. The van der Waals surface area contributed by atoms with Crippen LogP contribution < -0.4 is 19.5 Å². The minimum Gasteiger partial charge on any atom is -0.494 e. The van der Waals surface area contributed by atoms with Crippen molar-refractivity contribution >= 4 is 21.6 Å². The number of rotatable bonds is 4. The number of halogens is 2. The molecular formula is C15H13BrFNO3. The number of fused-ring (bicyclic) bond motifs is 1. The van der Waals surface area contributed by atoms with Crippen LogP contribution in [-0.2, 0) is 6.54 Å². The zero-order valence-corrected chi connectivity index (χ0v) is 12.9. The van der Waals surface area contributed by atoms with Crippen LogP contribution in [0.4, 0.5) is 10.1 Å². The number of nitrogens with one attached hydrogen (secondary N) is 1. The predicted octanol–water partition coefficient (Wildman–Crippen LogP) is 3.94. The van der Waals surface area contributed by atoms with Gasteiger partial charge in [0, 0.05) is 22.8 Å². The van der Waals surface area contributed by atoms with Crippen LogP contribution in [0.1, 0.15) is 5.56 Å². The summed E-state index contributed by atoms with van der Waals surface area (Å²) in [5.74, 6) is 1.29. The van der Waals surface area contributed by atoms with Gasteiger partial charge in [-0.05, 0) is 29.8 Å². The van der Waals surface area contributed by atoms with Gasteiger partial charge in [-0.2, -0.15) is 0 Å². The maximum absolute atomic E-state index is 13.4. The van der Waals surface area contributed by atoms with Crippen LogP contribution in [0, 0.1) is 5.82 Å². The molecule has 1 heterocycles. The first-order valence-electron chi connectivity index (χ1n) is 6.33. The molecule has 0 aromatic heterocycles. The average Bonchev–Trinajstić information content (AvgIpc) is 2.93. The van der Waals surface area contributed by atoms with Gasteiger partial charge in [-0.1, -0.05) is 15.9 Å². The summed E-state index contributed by atoms with van der Waals surface area (Å²) in [7, 11) is 1.44. The number of ether oxygens (including phenoxy) is 3. The lowest BCUT2D eigenvalue weighted by Gasteiger charge is -2.11. The SMILES string of the molecule is COc1cc(NCc2cc3c(cc2Br)OCO3)ccc1F. The molecule has 1 aliphatic heterocycles. The van der Waals surface area contributed by atoms with Crippen molar-refractivity contribution in [3.05, 3.63) is 46.2 Å². The van der Waals surface area contributed by atoms with Crippen molar-refractivity contribution in [2.45, 2.75) is 6.54 Å². The molecule has 0 radical (unpaired) electrons. The molecule has 0 spiro atoms. The van der Waals surface area contributed by atoms with E-state index in [0.717, 1.165) is 27.2 Å². The molecule has 1 aliphatic rings. The summed E-state index contributed by atoms with van der Waals surface area (Å²) in [6.07, 6.45) is 0. The third-order valence-corrected chi connectivity index (χ3v) is 3.91. The molecule has 1 N–H and O–H groups in total. The van der Waals surface area contributed by atoms with Crippen molar-refractivity contribution in [1.82, 2.24) is 0 Å². The van der Waals surface area contributed by atoms with Crippen molar-refractivity contribution in [2.24, 2.45) is 0 Å². The molecule has 0 saturated carbocycles. The molecule has 110 valence electrons. The molecular weight excluding hydrogens is 341 g/mol. The number of anilines is 1. The summed E-state index contributed by atoms with van der Waals surface area (Å²) in [5, 5.41) is 3.22. The van der Waals surface area contributed by atoms with E-state index < -0.39 is 0 Å². The van der Waals surface area contributed by atoms with E-state index in [0.29, 0.717) is 6.54 Å². The summed E-state index contributed by atoms with van der Waals surface area (Å²) in [5.41, 5.74) is 1.79. The smallest absolute Gasteiger partial charge is 0.231 e. The van der Waals surface area contributed by atoms with Crippen LogP contribution in [-0.4, -0.2) is 13.9 Å². The highest BCUT2D eigenvalue weighted by Gasteiger charge is 2.16. The van der Waals surface area contributed by atoms with E-state index in [1.165, 1.54) is 13.2 Å². The second-order valence-electron chi connectivity index (χ2n) is 4.50. The van der Waals surface area contributed by atoms with E-state index in [1.807, 2.05) is 12.1 Å². The zero-order chi connectivity index (χ0) is 14.8. The van der Waals surface area contributed by atoms with Gasteiger partial charge >= 0.3 is 0 Å². The summed E-state index contributed by atoms with van der Waals surface area (Å²) in [4.78, 5) is 0. The van der Waals surface area contributed by atoms with Gasteiger partial charge in [0.1, 0.15) is 0 Å². The number of hydrogen-bond donors (Lipinski definition) is 1. The first kappa shape index (κ1) is 14.0. The monoisotopic (exact) mass is 353 g/mol. The van der Waals surface area contributed by atoms with E-state index in [-0.39, 0.29) is 18.4 Å². The lowest BCUT2D eigenvalue weighted by Crippen LogP contribution is -2.01. The summed E-state index contributed by atoms with van der Waals surface area (Å²) < 4.78 is 29.9. The third-order valence-electron chi connectivity index (χ3n) is 3.18. The molecule has 0 amide bonds. The fourth-order valence-electron chi connectivity index (χ4n) is 2.06. The van der Waals surface area contributed by atoms with E-state index in [1.54, 1.807) is 12.1 Å². The first-order valence-corrected chi connectivity index (χ1v) is 7.12. The molecule has 0 bridgehead atoms. The molecule has 0 unspecified atom stereocenters. The van der Waals surface area contributed by atoms with Crippen LogP contribution in [0.5, 0.6) is 17.2 Å². The Kier molecular flexibility index (Phi) is 3.88. The Morgan fingerprint density at radius 2 is 2.00 bits per heavy atom. The zero-order valence-electron chi connectivity index (χ0n) is 11.3. The van der Waals surface area contributed by atoms with Gasteiger partial charge in [-0.3, -0.25) is 0 Å². The Hall–Kier alpha value is -1.95. The van der Waals surface area contributed by atoms with E-state index >= 15 is 0 Å². The maximum Gasteiger partial charge on any atom is 0.231 e. The molecule has 3 rings (SSSR count). The second kappa shape index (κ2) is 5.81. The van der Waals surface area contributed by atoms with Crippen molar-refractivity contribution in [2.75, 3.05) is 19.2 Å². The summed E-state index contributed by atoms with van der Waals surface area (Å²) in [6, 6.07) is 8.45. The van der Waals surface area contributed by atoms with E-state index in [4.69, 9.17) is 14.2 Å². The Balaban J connectivity index is 1.76. The molecule has 0 saturated heterocycles. The number of benzene rings is 2. The van der Waals surface area contributed by atoms with Crippen LogP contribution in [0.25, 0.3) is 0 Å². The fraction of sp³-hybridized carbons (Fsp3) is 0.200.